The minimum Gasteiger partial charge on any atom is -1.00 e. The molecule has 4 aromatic rings. The summed E-state index contributed by atoms with van der Waals surface area (Å²) in [6.07, 6.45) is 4.28. The predicted molar refractivity (Wildman–Crippen MR) is 127 cm³/mol. The van der Waals surface area contributed by atoms with Gasteiger partial charge in [-0.2, -0.15) is 4.57 Å². The van der Waals surface area contributed by atoms with Crippen LogP contribution >= 0.6 is 0 Å². The molecule has 0 saturated carbocycles. The van der Waals surface area contributed by atoms with E-state index in [1.54, 1.807) is 0 Å². The summed E-state index contributed by atoms with van der Waals surface area (Å²) in [6.45, 7) is 1.53. The third-order valence-electron chi connectivity index (χ3n) is 5.38. The number of para-hydroxylation sites is 1. The van der Waals surface area contributed by atoms with Gasteiger partial charge in [-0.1, -0.05) is 30.3 Å². The Labute approximate surface area is 189 Å². The number of nitrogens with one attached hydrogen (secondary N) is 1. The Hall–Kier alpha value is -3.37. The lowest BCUT2D eigenvalue weighted by atomic mass is 10.0. The van der Waals surface area contributed by atoms with E-state index in [2.05, 4.69) is 94.6 Å². The molecule has 158 valence electrons. The second-order valence-electron chi connectivity index (χ2n) is 7.72. The zero-order valence-electron chi connectivity index (χ0n) is 18.2. The standard InChI is InChI=1S/C26H25N3O.ClH/c1-18(30)27-20-12-15-22-23-7-5-6-8-25(23)29(4)26(24(22)17-20)16-11-19-9-13-21(14-10-19)28(2)3;/h5-17H,1-4H3;1H. The summed E-state index contributed by atoms with van der Waals surface area (Å²) < 4.78 is 2.21. The van der Waals surface area contributed by atoms with Gasteiger partial charge in [-0.3, -0.25) is 4.79 Å². The van der Waals surface area contributed by atoms with Crippen molar-refractivity contribution < 1.29 is 21.8 Å². The van der Waals surface area contributed by atoms with Crippen LogP contribution in [0.25, 0.3) is 33.8 Å². The van der Waals surface area contributed by atoms with Crippen LogP contribution in [0.15, 0.2) is 66.7 Å². The smallest absolute Gasteiger partial charge is 0.221 e. The number of aromatic nitrogens is 1. The fraction of sp³-hybridized carbons (Fsp3) is 0.154. The average Bonchev–Trinajstić information content (AvgIpc) is 2.73. The molecule has 0 radical (unpaired) electrons. The number of benzene rings is 3. The molecule has 3 aromatic carbocycles. The van der Waals surface area contributed by atoms with Gasteiger partial charge in [0, 0.05) is 49.9 Å². The van der Waals surface area contributed by atoms with Gasteiger partial charge in [-0.15, -0.1) is 0 Å². The molecule has 4 nitrogen and oxygen atoms in total. The van der Waals surface area contributed by atoms with Crippen molar-refractivity contribution in [3.63, 3.8) is 0 Å². The number of halogens is 1. The number of hydrogen-bond donors (Lipinski definition) is 1. The molecule has 1 heterocycles. The van der Waals surface area contributed by atoms with Gasteiger partial charge in [0.2, 0.25) is 17.1 Å². The maximum atomic E-state index is 11.6. The number of carbonyl (C=O) groups excluding carboxylic acids is 1. The highest BCUT2D eigenvalue weighted by Crippen LogP contribution is 2.29. The van der Waals surface area contributed by atoms with Crippen LogP contribution in [0.1, 0.15) is 18.2 Å². The summed E-state index contributed by atoms with van der Waals surface area (Å²) in [5, 5.41) is 6.36. The third-order valence-corrected chi connectivity index (χ3v) is 5.38. The number of hydrogen-bond acceptors (Lipinski definition) is 2. The first-order chi connectivity index (χ1) is 14.4. The summed E-state index contributed by atoms with van der Waals surface area (Å²) >= 11 is 0. The van der Waals surface area contributed by atoms with Crippen molar-refractivity contribution in [2.45, 2.75) is 6.92 Å². The largest absolute Gasteiger partial charge is 1.00 e. The Balaban J connectivity index is 0.00000272. The molecule has 0 fully saturated rings. The van der Waals surface area contributed by atoms with Gasteiger partial charge in [0.05, 0.1) is 10.8 Å². The first kappa shape index (κ1) is 22.3. The summed E-state index contributed by atoms with van der Waals surface area (Å²) in [7, 11) is 6.17. The van der Waals surface area contributed by atoms with Crippen molar-refractivity contribution in [1.29, 1.82) is 0 Å². The van der Waals surface area contributed by atoms with Gasteiger partial charge in [0.25, 0.3) is 0 Å². The molecular formula is C26H26ClN3O. The number of fused-ring (bicyclic) bond motifs is 3. The van der Waals surface area contributed by atoms with Crippen LogP contribution < -0.4 is 27.2 Å². The van der Waals surface area contributed by atoms with Gasteiger partial charge < -0.3 is 22.6 Å². The zero-order valence-corrected chi connectivity index (χ0v) is 18.9. The van der Waals surface area contributed by atoms with Gasteiger partial charge in [-0.25, -0.2) is 0 Å². The first-order valence-corrected chi connectivity index (χ1v) is 10.0. The highest BCUT2D eigenvalue weighted by Gasteiger charge is 2.17. The van der Waals surface area contributed by atoms with E-state index < -0.39 is 0 Å². The number of carbonyl (C=O) groups is 1. The molecule has 5 heteroatoms. The Morgan fingerprint density at radius 3 is 2.29 bits per heavy atom. The first-order valence-electron chi connectivity index (χ1n) is 10.0. The summed E-state index contributed by atoms with van der Waals surface area (Å²) in [4.78, 5) is 13.7. The second kappa shape index (κ2) is 9.19. The molecule has 31 heavy (non-hydrogen) atoms. The SMILES string of the molecule is CC(=O)Nc1ccc2c(c1)c(/C=C/c1ccc(N(C)C)cc1)[n+](C)c1ccccc21.[Cl-]. The Kier molecular flexibility index (Phi) is 6.62. The lowest BCUT2D eigenvalue weighted by molar-refractivity contribution is -0.645. The molecule has 0 aliphatic carbocycles. The van der Waals surface area contributed by atoms with Crippen molar-refractivity contribution in [3.05, 3.63) is 78.0 Å². The average molecular weight is 432 g/mol. The lowest BCUT2D eigenvalue weighted by Crippen LogP contribution is -3.00. The highest BCUT2D eigenvalue weighted by atomic mass is 35.5. The molecule has 1 N–H and O–H groups in total. The molecule has 4 rings (SSSR count). The maximum absolute atomic E-state index is 11.6. The zero-order chi connectivity index (χ0) is 21.3. The lowest BCUT2D eigenvalue weighted by Gasteiger charge is -2.12. The highest BCUT2D eigenvalue weighted by molar-refractivity contribution is 6.08. The maximum Gasteiger partial charge on any atom is 0.221 e. The second-order valence-corrected chi connectivity index (χ2v) is 7.72. The van der Waals surface area contributed by atoms with Crippen molar-refractivity contribution in [2.24, 2.45) is 7.05 Å². The number of rotatable bonds is 4. The fourth-order valence-electron chi connectivity index (χ4n) is 3.84. The van der Waals surface area contributed by atoms with Crippen LogP contribution in [0.3, 0.4) is 0 Å². The minimum absolute atomic E-state index is 0. The van der Waals surface area contributed by atoms with Crippen molar-refractivity contribution in [2.75, 3.05) is 24.3 Å². The quantitative estimate of drug-likeness (QED) is 0.396. The molecule has 0 spiro atoms. The van der Waals surface area contributed by atoms with E-state index in [0.717, 1.165) is 22.3 Å². The van der Waals surface area contributed by atoms with Crippen molar-refractivity contribution in [3.8, 4) is 0 Å². The Bertz CT molecular complexity index is 1280. The number of nitrogens with zero attached hydrogens (tertiary/aromatic N) is 2. The molecule has 1 amide bonds. The third kappa shape index (κ3) is 4.54. The van der Waals surface area contributed by atoms with Gasteiger partial charge >= 0.3 is 0 Å². The summed E-state index contributed by atoms with van der Waals surface area (Å²) in [5.74, 6) is -0.0717. The minimum atomic E-state index is -0.0717. The van der Waals surface area contributed by atoms with Gasteiger partial charge in [0.1, 0.15) is 7.05 Å². The van der Waals surface area contributed by atoms with Crippen LogP contribution in [0.5, 0.6) is 0 Å². The van der Waals surface area contributed by atoms with Crippen LogP contribution in [0.4, 0.5) is 11.4 Å². The van der Waals surface area contributed by atoms with E-state index in [4.69, 9.17) is 0 Å². The van der Waals surface area contributed by atoms with Crippen molar-refractivity contribution in [1.82, 2.24) is 0 Å². The molecule has 0 aliphatic heterocycles. The van der Waals surface area contributed by atoms with E-state index in [1.807, 2.05) is 20.2 Å². The monoisotopic (exact) mass is 431 g/mol. The Morgan fingerprint density at radius 1 is 0.903 bits per heavy atom. The van der Waals surface area contributed by atoms with E-state index in [9.17, 15) is 4.79 Å². The van der Waals surface area contributed by atoms with Crippen LogP contribution in [0, 0.1) is 0 Å². The van der Waals surface area contributed by atoms with E-state index >= 15 is 0 Å². The molecule has 0 aliphatic rings. The van der Waals surface area contributed by atoms with E-state index in [0.29, 0.717) is 0 Å². The van der Waals surface area contributed by atoms with E-state index in [1.165, 1.54) is 28.9 Å². The van der Waals surface area contributed by atoms with Crippen molar-refractivity contribution >= 4 is 51.1 Å². The normalized spacial score (nSPS) is 11.0. The molecular weight excluding hydrogens is 406 g/mol. The molecule has 0 bridgehead atoms. The fourth-order valence-corrected chi connectivity index (χ4v) is 3.84. The van der Waals surface area contributed by atoms with Crippen LogP contribution in [0.2, 0.25) is 0 Å². The molecule has 0 atom stereocenters. The number of aryl methyl sites for hydroxylation is 1. The number of anilines is 2. The Morgan fingerprint density at radius 2 is 1.61 bits per heavy atom. The summed E-state index contributed by atoms with van der Waals surface area (Å²) in [5.41, 5.74) is 5.37. The van der Waals surface area contributed by atoms with Crippen LogP contribution in [-0.4, -0.2) is 20.0 Å². The number of amides is 1. The number of pyridine rings is 1. The summed E-state index contributed by atoms with van der Waals surface area (Å²) in [6, 6.07) is 23.0. The van der Waals surface area contributed by atoms with Crippen LogP contribution in [-0.2, 0) is 11.8 Å². The predicted octanol–water partition coefficient (Wildman–Crippen LogP) is 2.02. The molecule has 0 saturated heterocycles. The van der Waals surface area contributed by atoms with Gasteiger partial charge in [-0.05, 0) is 42.0 Å². The molecule has 1 aromatic heterocycles. The molecule has 0 unspecified atom stereocenters. The van der Waals surface area contributed by atoms with E-state index in [-0.39, 0.29) is 18.3 Å². The van der Waals surface area contributed by atoms with Gasteiger partial charge in [0.15, 0.2) is 0 Å². The topological polar surface area (TPSA) is 36.2 Å².